The normalized spacial score (nSPS) is 19.8. The van der Waals surface area contributed by atoms with Crippen LogP contribution < -0.4 is 20.3 Å². The van der Waals surface area contributed by atoms with Gasteiger partial charge in [0.1, 0.15) is 11.5 Å². The molecule has 2 amide bonds. The molecule has 3 heterocycles. The van der Waals surface area contributed by atoms with Crippen molar-refractivity contribution in [3.63, 3.8) is 0 Å². The number of methoxy groups -OCH3 is 1. The smallest absolute Gasteiger partial charge is 0.309 e. The summed E-state index contributed by atoms with van der Waals surface area (Å²) in [6, 6.07) is 11.7. The Morgan fingerprint density at radius 1 is 1.09 bits per heavy atom. The van der Waals surface area contributed by atoms with Crippen molar-refractivity contribution in [3.05, 3.63) is 48.4 Å². The molecule has 2 aliphatic rings. The standard InChI is InChI=1S/C24H32N4O5/c1-31-19-8-6-18(7-9-19)27-10-12-28(13-11-27)21(22-5-3-15-33-22)17-26-24(30)23(29)25-16-20-4-2-14-32-20/h3,5-9,15,20-21H,2,4,10-14,16-17H2,1H3,(H,25,29)(H,26,30)/t20-,21+/m1/s1. The third-order valence-corrected chi connectivity index (χ3v) is 6.24. The summed E-state index contributed by atoms with van der Waals surface area (Å²) in [7, 11) is 1.66. The lowest BCUT2D eigenvalue weighted by atomic mass is 10.1. The number of nitrogens with zero attached hydrogens (tertiary/aromatic N) is 2. The van der Waals surface area contributed by atoms with E-state index < -0.39 is 11.8 Å². The number of hydrogen-bond donors (Lipinski definition) is 2. The zero-order valence-electron chi connectivity index (χ0n) is 19.0. The molecule has 0 radical (unpaired) electrons. The van der Waals surface area contributed by atoms with Crippen LogP contribution in [0.3, 0.4) is 0 Å². The van der Waals surface area contributed by atoms with Crippen LogP contribution in [0.15, 0.2) is 47.1 Å². The summed E-state index contributed by atoms with van der Waals surface area (Å²) >= 11 is 0. The van der Waals surface area contributed by atoms with Crippen LogP contribution in [-0.2, 0) is 14.3 Å². The first-order valence-electron chi connectivity index (χ1n) is 11.5. The molecule has 9 heteroatoms. The van der Waals surface area contributed by atoms with Gasteiger partial charge in [0, 0.05) is 51.6 Å². The molecule has 1 aromatic heterocycles. The van der Waals surface area contributed by atoms with E-state index in [2.05, 4.69) is 32.6 Å². The summed E-state index contributed by atoms with van der Waals surface area (Å²) in [5.41, 5.74) is 1.15. The molecule has 0 aliphatic carbocycles. The van der Waals surface area contributed by atoms with E-state index >= 15 is 0 Å². The number of anilines is 1. The molecule has 0 bridgehead atoms. The number of piperazine rings is 1. The number of carbonyl (C=O) groups is 2. The van der Waals surface area contributed by atoms with E-state index in [1.165, 1.54) is 0 Å². The van der Waals surface area contributed by atoms with E-state index in [-0.39, 0.29) is 12.1 Å². The molecular formula is C24H32N4O5. The number of hydrogen-bond acceptors (Lipinski definition) is 7. The summed E-state index contributed by atoms with van der Waals surface area (Å²) in [6.45, 7) is 4.67. The van der Waals surface area contributed by atoms with E-state index in [4.69, 9.17) is 13.9 Å². The van der Waals surface area contributed by atoms with Crippen molar-refractivity contribution in [1.82, 2.24) is 15.5 Å². The summed E-state index contributed by atoms with van der Waals surface area (Å²) < 4.78 is 16.4. The van der Waals surface area contributed by atoms with Crippen molar-refractivity contribution in [2.24, 2.45) is 0 Å². The molecular weight excluding hydrogens is 424 g/mol. The molecule has 0 spiro atoms. The molecule has 33 heavy (non-hydrogen) atoms. The fraction of sp³-hybridized carbons (Fsp3) is 0.500. The number of nitrogens with one attached hydrogen (secondary N) is 2. The summed E-state index contributed by atoms with van der Waals surface area (Å²) in [5, 5.41) is 5.44. The zero-order chi connectivity index (χ0) is 23.0. The largest absolute Gasteiger partial charge is 0.497 e. The third-order valence-electron chi connectivity index (χ3n) is 6.24. The van der Waals surface area contributed by atoms with E-state index in [0.717, 1.165) is 56.2 Å². The molecule has 0 saturated carbocycles. The van der Waals surface area contributed by atoms with Crippen LogP contribution >= 0.6 is 0 Å². The minimum absolute atomic E-state index is 0.000357. The number of carbonyl (C=O) groups excluding carboxylic acids is 2. The summed E-state index contributed by atoms with van der Waals surface area (Å²) in [4.78, 5) is 29.2. The predicted molar refractivity (Wildman–Crippen MR) is 123 cm³/mol. The number of rotatable bonds is 8. The van der Waals surface area contributed by atoms with Crippen molar-refractivity contribution >= 4 is 17.5 Å². The fourth-order valence-corrected chi connectivity index (χ4v) is 4.34. The highest BCUT2D eigenvalue weighted by molar-refractivity contribution is 6.35. The predicted octanol–water partition coefficient (Wildman–Crippen LogP) is 1.56. The lowest BCUT2D eigenvalue weighted by Gasteiger charge is -2.39. The molecule has 0 unspecified atom stereocenters. The molecule has 2 N–H and O–H groups in total. The SMILES string of the molecule is COc1ccc(N2CCN([C@@H](CNC(=O)C(=O)NC[C@H]3CCCO3)c3ccco3)CC2)cc1. The maximum absolute atomic E-state index is 12.4. The van der Waals surface area contributed by atoms with Crippen LogP contribution in [0.4, 0.5) is 5.69 Å². The zero-order valence-corrected chi connectivity index (χ0v) is 19.0. The first kappa shape index (κ1) is 23.1. The van der Waals surface area contributed by atoms with E-state index in [9.17, 15) is 9.59 Å². The highest BCUT2D eigenvalue weighted by Gasteiger charge is 2.28. The van der Waals surface area contributed by atoms with Crippen molar-refractivity contribution in [3.8, 4) is 5.75 Å². The first-order valence-corrected chi connectivity index (χ1v) is 11.5. The fourth-order valence-electron chi connectivity index (χ4n) is 4.34. The van der Waals surface area contributed by atoms with Gasteiger partial charge in [0.15, 0.2) is 0 Å². The Morgan fingerprint density at radius 2 is 1.85 bits per heavy atom. The van der Waals surface area contributed by atoms with E-state index in [1.807, 2.05) is 24.3 Å². The second kappa shape index (κ2) is 11.2. The van der Waals surface area contributed by atoms with Crippen LogP contribution in [0.5, 0.6) is 5.75 Å². The van der Waals surface area contributed by atoms with E-state index in [0.29, 0.717) is 19.7 Å². The van der Waals surface area contributed by atoms with Gasteiger partial charge in [-0.3, -0.25) is 14.5 Å². The topological polar surface area (TPSA) is 96.3 Å². The van der Waals surface area contributed by atoms with Crippen molar-refractivity contribution in [2.45, 2.75) is 25.0 Å². The lowest BCUT2D eigenvalue weighted by Crippen LogP contribution is -2.51. The average Bonchev–Trinajstić information content (AvgIpc) is 3.58. The van der Waals surface area contributed by atoms with Gasteiger partial charge in [-0.05, 0) is 49.2 Å². The number of amides is 2. The highest BCUT2D eigenvalue weighted by Crippen LogP contribution is 2.25. The Labute approximate surface area is 194 Å². The second-order valence-electron chi connectivity index (χ2n) is 8.31. The van der Waals surface area contributed by atoms with Crippen LogP contribution in [-0.4, -0.2) is 75.8 Å². The lowest BCUT2D eigenvalue weighted by molar-refractivity contribution is -0.139. The molecule has 2 fully saturated rings. The maximum Gasteiger partial charge on any atom is 0.309 e. The minimum Gasteiger partial charge on any atom is -0.497 e. The minimum atomic E-state index is -0.638. The van der Waals surface area contributed by atoms with Crippen molar-refractivity contribution in [1.29, 1.82) is 0 Å². The van der Waals surface area contributed by atoms with Crippen LogP contribution in [0.1, 0.15) is 24.6 Å². The Morgan fingerprint density at radius 3 is 2.48 bits per heavy atom. The molecule has 9 nitrogen and oxygen atoms in total. The average molecular weight is 457 g/mol. The number of benzene rings is 1. The van der Waals surface area contributed by atoms with Gasteiger partial charge in [-0.25, -0.2) is 0 Å². The summed E-state index contributed by atoms with van der Waals surface area (Å²) in [6.07, 6.45) is 3.53. The Balaban J connectivity index is 1.30. The summed E-state index contributed by atoms with van der Waals surface area (Å²) in [5.74, 6) is 0.341. The Kier molecular flexibility index (Phi) is 7.85. The molecule has 1 aromatic carbocycles. The monoisotopic (exact) mass is 456 g/mol. The van der Waals surface area contributed by atoms with Gasteiger partial charge < -0.3 is 29.4 Å². The molecule has 2 aliphatic heterocycles. The quantitative estimate of drug-likeness (QED) is 0.582. The molecule has 2 aromatic rings. The van der Waals surface area contributed by atoms with Gasteiger partial charge >= 0.3 is 11.8 Å². The van der Waals surface area contributed by atoms with Crippen molar-refractivity contribution < 1.29 is 23.5 Å². The van der Waals surface area contributed by atoms with Crippen LogP contribution in [0, 0.1) is 0 Å². The van der Waals surface area contributed by atoms with Gasteiger partial charge in [0.25, 0.3) is 0 Å². The van der Waals surface area contributed by atoms with Crippen LogP contribution in [0.2, 0.25) is 0 Å². The maximum atomic E-state index is 12.4. The van der Waals surface area contributed by atoms with Gasteiger partial charge in [-0.1, -0.05) is 0 Å². The number of furan rings is 1. The van der Waals surface area contributed by atoms with Crippen LogP contribution in [0.25, 0.3) is 0 Å². The number of ether oxygens (including phenoxy) is 2. The molecule has 2 saturated heterocycles. The highest BCUT2D eigenvalue weighted by atomic mass is 16.5. The Hall–Kier alpha value is -3.04. The second-order valence-corrected chi connectivity index (χ2v) is 8.31. The van der Waals surface area contributed by atoms with E-state index in [1.54, 1.807) is 13.4 Å². The van der Waals surface area contributed by atoms with Gasteiger partial charge in [-0.2, -0.15) is 0 Å². The van der Waals surface area contributed by atoms with Gasteiger partial charge in [-0.15, -0.1) is 0 Å². The van der Waals surface area contributed by atoms with Gasteiger partial charge in [0.05, 0.1) is 25.5 Å². The van der Waals surface area contributed by atoms with Crippen molar-refractivity contribution in [2.75, 3.05) is 57.9 Å². The molecule has 178 valence electrons. The molecule has 2 atom stereocenters. The third kappa shape index (κ3) is 6.06. The van der Waals surface area contributed by atoms with Gasteiger partial charge in [0.2, 0.25) is 0 Å². The first-order chi connectivity index (χ1) is 16.1. The Bertz CT molecular complexity index is 888. The molecule has 4 rings (SSSR count).